The zero-order valence-corrected chi connectivity index (χ0v) is 11.6. The van der Waals surface area contributed by atoms with Gasteiger partial charge in [0, 0.05) is 12.5 Å². The monoisotopic (exact) mass is 272 g/mol. The van der Waals surface area contributed by atoms with E-state index in [-0.39, 0.29) is 5.91 Å². The number of nitrogens with zero attached hydrogens (tertiary/aromatic N) is 1. The lowest BCUT2D eigenvalue weighted by Gasteiger charge is -2.09. The first-order chi connectivity index (χ1) is 9.65. The number of carbonyl (C=O) groups is 1. The average Bonchev–Trinajstić information content (AvgIpc) is 2.46. The smallest absolute Gasteiger partial charge is 0.236 e. The highest BCUT2D eigenvalue weighted by Gasteiger charge is 2.07. The Morgan fingerprint density at radius 1 is 1.20 bits per heavy atom. The Labute approximate surface area is 117 Å². The highest BCUT2D eigenvalue weighted by molar-refractivity contribution is 6.03. The molecule has 0 unspecified atom stereocenters. The topological polar surface area (TPSA) is 59.9 Å². The third kappa shape index (κ3) is 2.88. The van der Waals surface area contributed by atoms with Crippen molar-refractivity contribution in [1.29, 1.82) is 0 Å². The van der Waals surface area contributed by atoms with E-state index >= 15 is 0 Å². The van der Waals surface area contributed by atoms with Gasteiger partial charge in [-0.05, 0) is 29.0 Å². The van der Waals surface area contributed by atoms with Gasteiger partial charge < -0.3 is 9.47 Å². The molecular weight excluding hydrogens is 256 g/mol. The van der Waals surface area contributed by atoms with Crippen molar-refractivity contribution in [3.05, 3.63) is 35.9 Å². The Balaban J connectivity index is 2.56. The highest BCUT2D eigenvalue weighted by atomic mass is 16.5. The summed E-state index contributed by atoms with van der Waals surface area (Å²) in [4.78, 5) is 10.9. The molecule has 5 heteroatoms. The lowest BCUT2D eigenvalue weighted by molar-refractivity contribution is -0.118. The van der Waals surface area contributed by atoms with Crippen molar-refractivity contribution in [2.24, 2.45) is 5.10 Å². The van der Waals surface area contributed by atoms with Crippen molar-refractivity contribution in [2.75, 3.05) is 14.2 Å². The van der Waals surface area contributed by atoms with E-state index in [1.165, 1.54) is 6.92 Å². The van der Waals surface area contributed by atoms with Crippen LogP contribution in [0.3, 0.4) is 0 Å². The van der Waals surface area contributed by atoms with Crippen molar-refractivity contribution >= 4 is 22.9 Å². The van der Waals surface area contributed by atoms with Gasteiger partial charge in [-0.25, -0.2) is 5.43 Å². The first-order valence-electron chi connectivity index (χ1n) is 6.10. The third-order valence-electron chi connectivity index (χ3n) is 2.87. The van der Waals surface area contributed by atoms with Gasteiger partial charge in [-0.15, -0.1) is 0 Å². The molecule has 0 aromatic heterocycles. The quantitative estimate of drug-likeness (QED) is 0.686. The molecule has 0 saturated carbocycles. The van der Waals surface area contributed by atoms with Crippen LogP contribution in [0.1, 0.15) is 12.5 Å². The van der Waals surface area contributed by atoms with Crippen LogP contribution in [-0.2, 0) is 4.79 Å². The molecule has 0 fully saturated rings. The molecule has 0 radical (unpaired) electrons. The lowest BCUT2D eigenvalue weighted by Crippen LogP contribution is -2.12. The van der Waals surface area contributed by atoms with E-state index in [2.05, 4.69) is 10.5 Å². The van der Waals surface area contributed by atoms with Crippen LogP contribution in [0.2, 0.25) is 0 Å². The van der Waals surface area contributed by atoms with Crippen LogP contribution < -0.4 is 14.9 Å². The van der Waals surface area contributed by atoms with E-state index in [0.717, 1.165) is 22.1 Å². The third-order valence-corrected chi connectivity index (χ3v) is 2.87. The number of nitrogens with one attached hydrogen (secondary N) is 1. The number of amides is 1. The lowest BCUT2D eigenvalue weighted by atomic mass is 10.0. The average molecular weight is 272 g/mol. The molecule has 104 valence electrons. The molecule has 0 saturated heterocycles. The fraction of sp³-hybridized carbons (Fsp3) is 0.200. The Hall–Kier alpha value is -2.56. The van der Waals surface area contributed by atoms with Gasteiger partial charge in [0.05, 0.1) is 20.4 Å². The van der Waals surface area contributed by atoms with E-state index in [0.29, 0.717) is 5.75 Å². The minimum atomic E-state index is -0.224. The summed E-state index contributed by atoms with van der Waals surface area (Å²) in [6.45, 7) is 1.40. The van der Waals surface area contributed by atoms with Crippen LogP contribution >= 0.6 is 0 Å². The molecule has 0 atom stereocenters. The molecule has 0 aliphatic rings. The second-order valence-electron chi connectivity index (χ2n) is 4.19. The van der Waals surface area contributed by atoms with Gasteiger partial charge in [0.15, 0.2) is 0 Å². The Morgan fingerprint density at radius 3 is 2.60 bits per heavy atom. The number of rotatable bonds is 4. The Morgan fingerprint density at radius 2 is 1.95 bits per heavy atom. The van der Waals surface area contributed by atoms with Crippen molar-refractivity contribution in [3.8, 4) is 11.5 Å². The maximum atomic E-state index is 10.9. The van der Waals surface area contributed by atoms with Gasteiger partial charge in [0.25, 0.3) is 0 Å². The molecule has 0 aliphatic carbocycles. The molecule has 2 aromatic rings. The summed E-state index contributed by atoms with van der Waals surface area (Å²) in [5.41, 5.74) is 3.17. The number of carbonyl (C=O) groups excluding carboxylic acids is 1. The largest absolute Gasteiger partial charge is 0.497 e. The van der Waals surface area contributed by atoms with Crippen LogP contribution in [0.4, 0.5) is 0 Å². The molecule has 1 N–H and O–H groups in total. The van der Waals surface area contributed by atoms with Crippen LogP contribution in [0.5, 0.6) is 11.5 Å². The van der Waals surface area contributed by atoms with E-state index in [1.807, 2.05) is 30.3 Å². The van der Waals surface area contributed by atoms with Crippen LogP contribution in [-0.4, -0.2) is 26.3 Å². The SMILES string of the molecule is COc1ccc2ccc(OC)c(/C=N\NC(C)=O)c2c1. The van der Waals surface area contributed by atoms with Gasteiger partial charge in [-0.1, -0.05) is 12.1 Å². The van der Waals surface area contributed by atoms with Crippen LogP contribution in [0, 0.1) is 0 Å². The predicted octanol–water partition coefficient (Wildman–Crippen LogP) is 2.33. The summed E-state index contributed by atoms with van der Waals surface area (Å²) in [6, 6.07) is 9.59. The minimum absolute atomic E-state index is 0.224. The molecule has 0 aliphatic heterocycles. The van der Waals surface area contributed by atoms with Crippen molar-refractivity contribution in [1.82, 2.24) is 5.43 Å². The van der Waals surface area contributed by atoms with E-state index in [4.69, 9.17) is 9.47 Å². The first kappa shape index (κ1) is 13.9. The van der Waals surface area contributed by atoms with Crippen molar-refractivity contribution in [3.63, 3.8) is 0 Å². The summed E-state index contributed by atoms with van der Waals surface area (Å²) in [5, 5.41) is 5.89. The van der Waals surface area contributed by atoms with Gasteiger partial charge in [0.1, 0.15) is 11.5 Å². The zero-order valence-electron chi connectivity index (χ0n) is 11.6. The Bertz CT molecular complexity index is 660. The fourth-order valence-electron chi connectivity index (χ4n) is 1.93. The van der Waals surface area contributed by atoms with Gasteiger partial charge in [-0.2, -0.15) is 5.10 Å². The predicted molar refractivity (Wildman–Crippen MR) is 78.5 cm³/mol. The fourth-order valence-corrected chi connectivity index (χ4v) is 1.93. The van der Waals surface area contributed by atoms with Gasteiger partial charge in [0.2, 0.25) is 5.91 Å². The molecule has 2 aromatic carbocycles. The number of benzene rings is 2. The molecule has 1 amide bonds. The summed E-state index contributed by atoms with van der Waals surface area (Å²) in [7, 11) is 3.21. The molecule has 20 heavy (non-hydrogen) atoms. The molecule has 0 spiro atoms. The summed E-state index contributed by atoms with van der Waals surface area (Å²) in [5.74, 6) is 1.21. The van der Waals surface area contributed by atoms with E-state index < -0.39 is 0 Å². The molecule has 2 rings (SSSR count). The second-order valence-corrected chi connectivity index (χ2v) is 4.19. The number of methoxy groups -OCH3 is 2. The summed E-state index contributed by atoms with van der Waals surface area (Å²) in [6.07, 6.45) is 1.57. The number of fused-ring (bicyclic) bond motifs is 1. The van der Waals surface area contributed by atoms with Crippen molar-refractivity contribution < 1.29 is 14.3 Å². The van der Waals surface area contributed by atoms with E-state index in [1.54, 1.807) is 20.4 Å². The summed E-state index contributed by atoms with van der Waals surface area (Å²) < 4.78 is 10.6. The maximum absolute atomic E-state index is 10.9. The molecular formula is C15H16N2O3. The molecule has 0 heterocycles. The first-order valence-corrected chi connectivity index (χ1v) is 6.10. The zero-order chi connectivity index (χ0) is 14.5. The number of hydrogen-bond acceptors (Lipinski definition) is 4. The molecule has 0 bridgehead atoms. The normalized spacial score (nSPS) is 10.8. The molecule has 5 nitrogen and oxygen atoms in total. The highest BCUT2D eigenvalue weighted by Crippen LogP contribution is 2.29. The number of hydrogen-bond donors (Lipinski definition) is 1. The van der Waals surface area contributed by atoms with Crippen molar-refractivity contribution in [2.45, 2.75) is 6.92 Å². The Kier molecular flexibility index (Phi) is 4.20. The minimum Gasteiger partial charge on any atom is -0.497 e. The van der Waals surface area contributed by atoms with Crippen LogP contribution in [0.25, 0.3) is 10.8 Å². The van der Waals surface area contributed by atoms with Crippen LogP contribution in [0.15, 0.2) is 35.4 Å². The van der Waals surface area contributed by atoms with Gasteiger partial charge >= 0.3 is 0 Å². The number of hydrazone groups is 1. The van der Waals surface area contributed by atoms with Gasteiger partial charge in [-0.3, -0.25) is 4.79 Å². The van der Waals surface area contributed by atoms with E-state index in [9.17, 15) is 4.79 Å². The standard InChI is InChI=1S/C15H16N2O3/c1-10(18)17-16-9-14-13-8-12(19-2)6-4-11(13)5-7-15(14)20-3/h4-9H,1-3H3,(H,17,18)/b16-9-. The summed E-state index contributed by atoms with van der Waals surface area (Å²) >= 11 is 0. The number of ether oxygens (including phenoxy) is 2. The maximum Gasteiger partial charge on any atom is 0.236 e. The second kappa shape index (κ2) is 6.06.